The molecule has 4 heterocycles. The summed E-state index contributed by atoms with van der Waals surface area (Å²) in [5.74, 6) is 1.04. The average Bonchev–Trinajstić information content (AvgIpc) is 3.23. The maximum atomic E-state index is 12.7. The van der Waals surface area contributed by atoms with Gasteiger partial charge in [0.1, 0.15) is 5.82 Å². The summed E-state index contributed by atoms with van der Waals surface area (Å²) < 4.78 is 4.80. The number of para-hydroxylation sites is 1. The SMILES string of the molecule is Cn1c(=O)c2c(nc3nc(NCCCN4CCN(c5ccccc5)CC4)c(Br)cn32)n(C)c1=O. The molecule has 1 aromatic carbocycles. The van der Waals surface area contributed by atoms with Gasteiger partial charge in [-0.2, -0.15) is 9.97 Å². The fourth-order valence-corrected chi connectivity index (χ4v) is 4.87. The molecule has 1 aliphatic heterocycles. The first-order chi connectivity index (χ1) is 16.4. The monoisotopic (exact) mass is 526 g/mol. The number of aromatic nitrogens is 5. The predicted molar refractivity (Wildman–Crippen MR) is 137 cm³/mol. The van der Waals surface area contributed by atoms with E-state index in [-0.39, 0.29) is 0 Å². The van der Waals surface area contributed by atoms with Gasteiger partial charge < -0.3 is 10.2 Å². The molecule has 1 saturated heterocycles. The minimum absolute atomic E-state index is 0.319. The molecule has 0 saturated carbocycles. The van der Waals surface area contributed by atoms with Crippen molar-refractivity contribution in [1.82, 2.24) is 28.4 Å². The molecule has 5 rings (SSSR count). The lowest BCUT2D eigenvalue weighted by Gasteiger charge is -2.36. The largest absolute Gasteiger partial charge is 0.369 e. The highest BCUT2D eigenvalue weighted by Gasteiger charge is 2.18. The van der Waals surface area contributed by atoms with Crippen molar-refractivity contribution in [3.8, 4) is 0 Å². The molecule has 0 aliphatic carbocycles. The van der Waals surface area contributed by atoms with Crippen LogP contribution < -0.4 is 21.5 Å². The maximum absolute atomic E-state index is 12.7. The number of fused-ring (bicyclic) bond motifs is 3. The van der Waals surface area contributed by atoms with Gasteiger partial charge >= 0.3 is 5.69 Å². The van der Waals surface area contributed by atoms with Gasteiger partial charge in [0.2, 0.25) is 5.78 Å². The molecule has 0 amide bonds. The number of aryl methyl sites for hydroxylation is 1. The molecule has 1 aliphatic rings. The summed E-state index contributed by atoms with van der Waals surface area (Å²) in [6.45, 7) is 5.96. The van der Waals surface area contributed by atoms with Gasteiger partial charge in [0.15, 0.2) is 11.2 Å². The summed E-state index contributed by atoms with van der Waals surface area (Å²) in [4.78, 5) is 38.9. The number of nitrogens with one attached hydrogen (secondary N) is 1. The molecule has 1 N–H and O–H groups in total. The van der Waals surface area contributed by atoms with Crippen molar-refractivity contribution in [2.24, 2.45) is 14.1 Å². The van der Waals surface area contributed by atoms with Crippen molar-refractivity contribution in [2.75, 3.05) is 49.5 Å². The summed E-state index contributed by atoms with van der Waals surface area (Å²) in [7, 11) is 3.06. The molecule has 0 unspecified atom stereocenters. The van der Waals surface area contributed by atoms with Crippen LogP contribution in [-0.4, -0.2) is 67.7 Å². The number of hydrogen-bond donors (Lipinski definition) is 1. The fourth-order valence-electron chi connectivity index (χ4n) is 4.43. The lowest BCUT2D eigenvalue weighted by Crippen LogP contribution is -2.46. The van der Waals surface area contributed by atoms with Crippen LogP contribution >= 0.6 is 15.9 Å². The number of piperazine rings is 1. The highest BCUT2D eigenvalue weighted by atomic mass is 79.9. The van der Waals surface area contributed by atoms with E-state index in [0.717, 1.165) is 54.7 Å². The van der Waals surface area contributed by atoms with Crippen molar-refractivity contribution >= 4 is 44.4 Å². The first-order valence-corrected chi connectivity index (χ1v) is 12.1. The molecule has 10 nitrogen and oxygen atoms in total. The molecular weight excluding hydrogens is 500 g/mol. The Morgan fingerprint density at radius 1 is 1.00 bits per heavy atom. The Kier molecular flexibility index (Phi) is 6.13. The van der Waals surface area contributed by atoms with Crippen LogP contribution in [0.5, 0.6) is 0 Å². The smallest absolute Gasteiger partial charge is 0.332 e. The van der Waals surface area contributed by atoms with Crippen LogP contribution in [0.25, 0.3) is 16.9 Å². The first kappa shape index (κ1) is 22.6. The van der Waals surface area contributed by atoms with Crippen molar-refractivity contribution in [1.29, 1.82) is 0 Å². The van der Waals surface area contributed by atoms with E-state index in [0.29, 0.717) is 22.8 Å². The van der Waals surface area contributed by atoms with Crippen LogP contribution in [0, 0.1) is 0 Å². The predicted octanol–water partition coefficient (Wildman–Crippen LogP) is 1.67. The highest BCUT2D eigenvalue weighted by molar-refractivity contribution is 9.10. The molecule has 34 heavy (non-hydrogen) atoms. The molecule has 0 atom stereocenters. The van der Waals surface area contributed by atoms with Gasteiger partial charge in [-0.1, -0.05) is 18.2 Å². The molecule has 3 aromatic heterocycles. The van der Waals surface area contributed by atoms with E-state index in [2.05, 4.69) is 71.3 Å². The Hall–Kier alpha value is -3.18. The zero-order valence-electron chi connectivity index (χ0n) is 19.2. The molecule has 4 aromatic rings. The van der Waals surface area contributed by atoms with Gasteiger partial charge in [-0.15, -0.1) is 0 Å². The fraction of sp³-hybridized carbons (Fsp3) is 0.391. The van der Waals surface area contributed by atoms with Crippen molar-refractivity contribution in [3.63, 3.8) is 0 Å². The van der Waals surface area contributed by atoms with Crippen molar-refractivity contribution in [3.05, 3.63) is 61.8 Å². The van der Waals surface area contributed by atoms with Crippen LogP contribution in [0.15, 0.2) is 50.6 Å². The number of benzene rings is 1. The Balaban J connectivity index is 1.22. The van der Waals surface area contributed by atoms with E-state index in [1.165, 1.54) is 17.3 Å². The Morgan fingerprint density at radius 2 is 1.74 bits per heavy atom. The number of anilines is 2. The highest BCUT2D eigenvalue weighted by Crippen LogP contribution is 2.22. The van der Waals surface area contributed by atoms with Crippen LogP contribution in [0.1, 0.15) is 6.42 Å². The topological polar surface area (TPSA) is 92.7 Å². The second kappa shape index (κ2) is 9.22. The summed E-state index contributed by atoms with van der Waals surface area (Å²) in [6, 6.07) is 10.6. The van der Waals surface area contributed by atoms with Crippen molar-refractivity contribution in [2.45, 2.75) is 6.42 Å². The second-order valence-corrected chi connectivity index (χ2v) is 9.40. The van der Waals surface area contributed by atoms with Crippen LogP contribution in [-0.2, 0) is 14.1 Å². The van der Waals surface area contributed by atoms with Gasteiger partial charge in [0, 0.05) is 58.7 Å². The number of imidazole rings is 1. The van der Waals surface area contributed by atoms with E-state index in [9.17, 15) is 9.59 Å². The number of hydrogen-bond acceptors (Lipinski definition) is 7. The molecule has 0 bridgehead atoms. The van der Waals surface area contributed by atoms with E-state index >= 15 is 0 Å². The van der Waals surface area contributed by atoms with E-state index < -0.39 is 11.2 Å². The summed E-state index contributed by atoms with van der Waals surface area (Å²) in [5.41, 5.74) is 1.13. The van der Waals surface area contributed by atoms with Crippen LogP contribution in [0.3, 0.4) is 0 Å². The normalized spacial score (nSPS) is 14.9. The second-order valence-electron chi connectivity index (χ2n) is 8.54. The third kappa shape index (κ3) is 4.09. The summed E-state index contributed by atoms with van der Waals surface area (Å²) >= 11 is 3.55. The molecule has 1 fully saturated rings. The van der Waals surface area contributed by atoms with E-state index in [4.69, 9.17) is 0 Å². The number of nitrogens with zero attached hydrogens (tertiary/aromatic N) is 7. The van der Waals surface area contributed by atoms with Crippen molar-refractivity contribution < 1.29 is 0 Å². The molecule has 0 radical (unpaired) electrons. The Morgan fingerprint density at radius 3 is 2.47 bits per heavy atom. The van der Waals surface area contributed by atoms with Crippen LogP contribution in [0.4, 0.5) is 11.5 Å². The Labute approximate surface area is 204 Å². The van der Waals surface area contributed by atoms with Gasteiger partial charge in [0.05, 0.1) is 4.47 Å². The zero-order valence-corrected chi connectivity index (χ0v) is 20.8. The molecule has 178 valence electrons. The van der Waals surface area contributed by atoms with Gasteiger partial charge in [-0.05, 0) is 41.0 Å². The third-order valence-corrected chi connectivity index (χ3v) is 6.97. The molecule has 11 heteroatoms. The summed E-state index contributed by atoms with van der Waals surface area (Å²) in [6.07, 6.45) is 2.75. The van der Waals surface area contributed by atoms with Gasteiger partial charge in [-0.3, -0.25) is 23.2 Å². The maximum Gasteiger partial charge on any atom is 0.332 e. The zero-order chi connectivity index (χ0) is 23.8. The molecular formula is C23H27BrN8O2. The van der Waals surface area contributed by atoms with E-state index in [1.807, 2.05) is 0 Å². The quantitative estimate of drug-likeness (QED) is 0.382. The lowest BCUT2D eigenvalue weighted by atomic mass is 10.2. The Bertz CT molecular complexity index is 1450. The number of halogens is 1. The standard InChI is InChI=1S/C23H27BrN8O2/c1-28-20-18(21(33)29(2)23(28)34)32-15-17(24)19(26-22(32)27-20)25-9-6-10-30-11-13-31(14-12-30)16-7-4-3-5-8-16/h3-5,7-8,15H,6,9-14H2,1-2H3,(H,25,26,27). The summed E-state index contributed by atoms with van der Waals surface area (Å²) in [5, 5.41) is 3.38. The number of rotatable bonds is 6. The minimum Gasteiger partial charge on any atom is -0.369 e. The molecule has 0 spiro atoms. The first-order valence-electron chi connectivity index (χ1n) is 11.3. The van der Waals surface area contributed by atoms with Gasteiger partial charge in [0.25, 0.3) is 5.56 Å². The lowest BCUT2D eigenvalue weighted by molar-refractivity contribution is 0.257. The van der Waals surface area contributed by atoms with Gasteiger partial charge in [-0.25, -0.2) is 4.79 Å². The average molecular weight is 527 g/mol. The van der Waals surface area contributed by atoms with E-state index in [1.54, 1.807) is 17.6 Å². The minimum atomic E-state index is -0.414. The van der Waals surface area contributed by atoms with Crippen LogP contribution in [0.2, 0.25) is 0 Å². The third-order valence-electron chi connectivity index (χ3n) is 6.39.